The van der Waals surface area contributed by atoms with Crippen molar-refractivity contribution in [2.75, 3.05) is 23.3 Å². The number of halogens is 1. The number of carbonyl (C=O) groups excluding carboxylic acids is 2. The van der Waals surface area contributed by atoms with E-state index in [9.17, 15) is 23.1 Å². The van der Waals surface area contributed by atoms with Crippen LogP contribution in [0, 0.1) is 17.3 Å². The van der Waals surface area contributed by atoms with Crippen molar-refractivity contribution in [1.29, 1.82) is 0 Å². The van der Waals surface area contributed by atoms with Crippen molar-refractivity contribution in [3.05, 3.63) is 47.5 Å². The first-order valence-corrected chi connectivity index (χ1v) is 16.3. The number of nitrogens with one attached hydrogen (secondary N) is 2. The second-order valence-corrected chi connectivity index (χ2v) is 14.8. The number of alkyl halides is 1. The van der Waals surface area contributed by atoms with Gasteiger partial charge < -0.3 is 15.7 Å². The Morgan fingerprint density at radius 1 is 1.15 bits per heavy atom. The van der Waals surface area contributed by atoms with Crippen molar-refractivity contribution < 1.29 is 23.1 Å². The molecular weight excluding hydrogens is 584 g/mol. The van der Waals surface area contributed by atoms with Crippen molar-refractivity contribution in [3.63, 3.8) is 0 Å². The molecule has 12 heteroatoms. The number of carbonyl (C=O) groups is 2. The summed E-state index contributed by atoms with van der Waals surface area (Å²) < 4.78 is 29.7. The first kappa shape index (κ1) is 32.6. The molecule has 0 saturated heterocycles. The fourth-order valence-corrected chi connectivity index (χ4v) is 6.95. The summed E-state index contributed by atoms with van der Waals surface area (Å²) >= 11 is 6.98. The van der Waals surface area contributed by atoms with Crippen LogP contribution in [0.15, 0.2) is 46.8 Å². The average Bonchev–Trinajstić information content (AvgIpc) is 3.37. The van der Waals surface area contributed by atoms with Gasteiger partial charge in [0.1, 0.15) is 17.7 Å². The zero-order chi connectivity index (χ0) is 30.5. The molecule has 41 heavy (non-hydrogen) atoms. The third-order valence-electron chi connectivity index (χ3n) is 6.54. The summed E-state index contributed by atoms with van der Waals surface area (Å²) in [4.78, 5) is 29.1. The second kappa shape index (κ2) is 13.4. The first-order chi connectivity index (χ1) is 19.1. The normalized spacial score (nSPS) is 13.7. The fraction of sp³-hybridized carbons (Fsp3) is 0.483. The highest BCUT2D eigenvalue weighted by Crippen LogP contribution is 2.37. The van der Waals surface area contributed by atoms with Crippen LogP contribution < -0.4 is 14.9 Å². The Hall–Kier alpha value is -2.89. The van der Waals surface area contributed by atoms with E-state index < -0.39 is 27.4 Å². The number of sulfonamides is 1. The molecule has 0 spiro atoms. The molecule has 0 aliphatic carbocycles. The summed E-state index contributed by atoms with van der Waals surface area (Å²) in [6, 6.07) is 9.14. The standard InChI is InChI=1S/C29H39ClN4O5S2/c1-18(2)16-34(41(38,39)21-10-11-22-24(13-21)40-17-32-22)23-9-7-8-20(26(23)36)12-19(3)15-31-28(37)27(29(4,5)6)33-25(35)14-30/h7-11,13,17-19,27,36H,12,14-16H2,1-6H3,(H,31,37)(H,33,35)/t19?,27-/m0/s1. The molecule has 3 rings (SSSR count). The molecule has 224 valence electrons. The SMILES string of the molecule is CC(C)CN(c1cccc(CC(C)CNC(=O)[C@H](NC(=O)CCl)C(C)(C)C)c1O)S(=O)(=O)c1ccc2ncsc2c1. The minimum atomic E-state index is -3.99. The van der Waals surface area contributed by atoms with E-state index in [0.29, 0.717) is 12.0 Å². The van der Waals surface area contributed by atoms with E-state index in [4.69, 9.17) is 11.6 Å². The van der Waals surface area contributed by atoms with Crippen LogP contribution in [-0.4, -0.2) is 55.3 Å². The lowest BCUT2D eigenvalue weighted by atomic mass is 9.86. The minimum Gasteiger partial charge on any atom is -0.505 e. The van der Waals surface area contributed by atoms with Gasteiger partial charge in [0, 0.05) is 13.1 Å². The highest BCUT2D eigenvalue weighted by molar-refractivity contribution is 7.92. The van der Waals surface area contributed by atoms with Gasteiger partial charge in [0.15, 0.2) is 0 Å². The van der Waals surface area contributed by atoms with E-state index in [0.717, 1.165) is 10.2 Å². The summed E-state index contributed by atoms with van der Waals surface area (Å²) in [5, 5.41) is 16.9. The molecule has 9 nitrogen and oxygen atoms in total. The molecule has 1 aromatic heterocycles. The Morgan fingerprint density at radius 2 is 1.85 bits per heavy atom. The number of aromatic nitrogens is 1. The molecule has 0 aliphatic heterocycles. The van der Waals surface area contributed by atoms with Gasteiger partial charge in [-0.2, -0.15) is 0 Å². The van der Waals surface area contributed by atoms with Crippen molar-refractivity contribution in [3.8, 4) is 5.75 Å². The van der Waals surface area contributed by atoms with Crippen LogP contribution >= 0.6 is 22.9 Å². The van der Waals surface area contributed by atoms with E-state index in [1.165, 1.54) is 21.7 Å². The van der Waals surface area contributed by atoms with Gasteiger partial charge in [0.25, 0.3) is 10.0 Å². The molecule has 1 heterocycles. The molecule has 3 N–H and O–H groups in total. The van der Waals surface area contributed by atoms with E-state index in [1.807, 2.05) is 41.5 Å². The summed E-state index contributed by atoms with van der Waals surface area (Å²) in [5.41, 5.74) is 2.63. The van der Waals surface area contributed by atoms with Crippen LogP contribution in [0.5, 0.6) is 5.75 Å². The van der Waals surface area contributed by atoms with Gasteiger partial charge >= 0.3 is 0 Å². The van der Waals surface area contributed by atoms with Crippen LogP contribution in [-0.2, 0) is 26.0 Å². The molecule has 0 bridgehead atoms. The Balaban J connectivity index is 1.82. The maximum Gasteiger partial charge on any atom is 0.264 e. The van der Waals surface area contributed by atoms with Gasteiger partial charge in [-0.3, -0.25) is 13.9 Å². The first-order valence-electron chi connectivity index (χ1n) is 13.4. The smallest absolute Gasteiger partial charge is 0.264 e. The number of para-hydroxylation sites is 1. The van der Waals surface area contributed by atoms with Gasteiger partial charge in [-0.25, -0.2) is 13.4 Å². The van der Waals surface area contributed by atoms with Crippen molar-refractivity contribution >= 4 is 60.7 Å². The van der Waals surface area contributed by atoms with Gasteiger partial charge in [0.05, 0.1) is 26.3 Å². The predicted octanol–water partition coefficient (Wildman–Crippen LogP) is 4.92. The quantitative estimate of drug-likeness (QED) is 0.246. The van der Waals surface area contributed by atoms with E-state index >= 15 is 0 Å². The maximum absolute atomic E-state index is 13.9. The summed E-state index contributed by atoms with van der Waals surface area (Å²) in [6.07, 6.45) is 0.385. The average molecular weight is 623 g/mol. The molecule has 0 fully saturated rings. The molecular formula is C29H39ClN4O5S2. The Bertz CT molecular complexity index is 1480. The lowest BCUT2D eigenvalue weighted by Gasteiger charge is -2.30. The monoisotopic (exact) mass is 622 g/mol. The molecule has 1 unspecified atom stereocenters. The lowest BCUT2D eigenvalue weighted by Crippen LogP contribution is -2.54. The number of amides is 2. The topological polar surface area (TPSA) is 129 Å². The molecule has 3 aromatic rings. The molecule has 0 aliphatic rings. The molecule has 2 amide bonds. The van der Waals surface area contributed by atoms with Crippen molar-refractivity contribution in [1.82, 2.24) is 15.6 Å². The maximum atomic E-state index is 13.9. The van der Waals surface area contributed by atoms with Crippen molar-refractivity contribution in [2.45, 2.75) is 58.9 Å². The molecule has 2 aromatic carbocycles. The van der Waals surface area contributed by atoms with Crippen LogP contribution in [0.2, 0.25) is 0 Å². The number of fused-ring (bicyclic) bond motifs is 1. The number of phenols is 1. The highest BCUT2D eigenvalue weighted by Gasteiger charge is 2.33. The highest BCUT2D eigenvalue weighted by atomic mass is 35.5. The number of anilines is 1. The number of rotatable bonds is 12. The van der Waals surface area contributed by atoms with Gasteiger partial charge in [-0.1, -0.05) is 53.7 Å². The molecule has 0 radical (unpaired) electrons. The Labute approximate surface area is 251 Å². The Kier molecular flexibility index (Phi) is 10.7. The van der Waals surface area contributed by atoms with Crippen LogP contribution in [0.3, 0.4) is 0 Å². The van der Waals surface area contributed by atoms with E-state index in [2.05, 4.69) is 15.6 Å². The zero-order valence-electron chi connectivity index (χ0n) is 24.3. The van der Waals surface area contributed by atoms with E-state index in [-0.39, 0.29) is 53.0 Å². The van der Waals surface area contributed by atoms with Gasteiger partial charge in [-0.05, 0) is 53.5 Å². The minimum absolute atomic E-state index is 0.0100. The number of hydrogen-bond donors (Lipinski definition) is 3. The zero-order valence-corrected chi connectivity index (χ0v) is 26.7. The van der Waals surface area contributed by atoms with Gasteiger partial charge in [-0.15, -0.1) is 22.9 Å². The number of hydrogen-bond acceptors (Lipinski definition) is 7. The Morgan fingerprint density at radius 3 is 2.49 bits per heavy atom. The summed E-state index contributed by atoms with van der Waals surface area (Å²) in [7, 11) is -3.99. The lowest BCUT2D eigenvalue weighted by molar-refractivity contribution is -0.130. The fourth-order valence-electron chi connectivity index (χ4n) is 4.42. The third-order valence-corrected chi connectivity index (χ3v) is 9.35. The number of nitrogens with zero attached hydrogens (tertiary/aromatic N) is 2. The number of benzene rings is 2. The molecule has 2 atom stereocenters. The summed E-state index contributed by atoms with van der Waals surface area (Å²) in [5.74, 6) is -1.22. The number of aromatic hydroxyl groups is 1. The van der Waals surface area contributed by atoms with Crippen LogP contribution in [0.25, 0.3) is 10.2 Å². The summed E-state index contributed by atoms with van der Waals surface area (Å²) in [6.45, 7) is 11.8. The number of thiazole rings is 1. The third kappa shape index (κ3) is 8.11. The van der Waals surface area contributed by atoms with Crippen LogP contribution in [0.4, 0.5) is 5.69 Å². The van der Waals surface area contributed by atoms with Gasteiger partial charge in [0.2, 0.25) is 11.8 Å². The predicted molar refractivity (Wildman–Crippen MR) is 165 cm³/mol. The van der Waals surface area contributed by atoms with E-state index in [1.54, 1.807) is 35.8 Å². The van der Waals surface area contributed by atoms with Crippen molar-refractivity contribution in [2.24, 2.45) is 17.3 Å². The molecule has 0 saturated carbocycles. The second-order valence-electron chi connectivity index (χ2n) is 11.8. The van der Waals surface area contributed by atoms with Crippen LogP contribution in [0.1, 0.15) is 47.1 Å². The largest absolute Gasteiger partial charge is 0.505 e. The number of phenolic OH excluding ortho intramolecular Hbond substituents is 1.